The van der Waals surface area contributed by atoms with Gasteiger partial charge in [-0.15, -0.1) is 0 Å². The highest BCUT2D eigenvalue weighted by atomic mass is 35.5. The number of carbonyl (C=O) groups excluding carboxylic acids is 1. The molecule has 0 unspecified atom stereocenters. The Balaban J connectivity index is 1.68. The first-order valence-corrected chi connectivity index (χ1v) is 6.96. The molecule has 2 aromatic rings. The number of hydrogen-bond acceptors (Lipinski definition) is 3. The van der Waals surface area contributed by atoms with E-state index < -0.39 is 7.12 Å². The predicted octanol–water partition coefficient (Wildman–Crippen LogP) is 1.49. The van der Waals surface area contributed by atoms with Crippen LogP contribution in [0, 0.1) is 0 Å². The summed E-state index contributed by atoms with van der Waals surface area (Å²) in [5.41, 5.74) is 3.05. The second kappa shape index (κ2) is 5.89. The molecule has 106 valence electrons. The van der Waals surface area contributed by atoms with E-state index in [2.05, 4.69) is 5.32 Å². The molecule has 0 radical (unpaired) electrons. The molecule has 0 bridgehead atoms. The van der Waals surface area contributed by atoms with Crippen LogP contribution in [0.5, 0.6) is 0 Å². The maximum absolute atomic E-state index is 12.1. The summed E-state index contributed by atoms with van der Waals surface area (Å²) in [4.78, 5) is 12.1. The molecule has 21 heavy (non-hydrogen) atoms. The van der Waals surface area contributed by atoms with Gasteiger partial charge in [-0.3, -0.25) is 4.79 Å². The van der Waals surface area contributed by atoms with Crippen LogP contribution in [0.2, 0.25) is 5.02 Å². The number of fused-ring (bicyclic) bond motifs is 1. The van der Waals surface area contributed by atoms with Gasteiger partial charge in [0.25, 0.3) is 5.91 Å². The van der Waals surface area contributed by atoms with E-state index in [1.807, 2.05) is 18.2 Å². The summed E-state index contributed by atoms with van der Waals surface area (Å²) in [6.45, 7) is 0.801. The molecule has 0 spiro atoms. The highest BCUT2D eigenvalue weighted by Gasteiger charge is 2.27. The Morgan fingerprint density at radius 1 is 1.29 bits per heavy atom. The van der Waals surface area contributed by atoms with E-state index in [-0.39, 0.29) is 5.91 Å². The fourth-order valence-electron chi connectivity index (χ4n) is 2.24. The van der Waals surface area contributed by atoms with Gasteiger partial charge in [0.2, 0.25) is 0 Å². The van der Waals surface area contributed by atoms with Gasteiger partial charge in [0, 0.05) is 17.1 Å². The Morgan fingerprint density at radius 2 is 2.05 bits per heavy atom. The van der Waals surface area contributed by atoms with Crippen molar-refractivity contribution in [2.75, 3.05) is 0 Å². The third-order valence-electron chi connectivity index (χ3n) is 3.44. The van der Waals surface area contributed by atoms with E-state index in [1.54, 1.807) is 24.3 Å². The minimum atomic E-state index is -0.941. The minimum Gasteiger partial charge on any atom is -0.423 e. The normalized spacial score (nSPS) is 13.1. The average Bonchev–Trinajstić information content (AvgIpc) is 2.87. The lowest BCUT2D eigenvalue weighted by molar-refractivity contribution is 0.0951. The largest absolute Gasteiger partial charge is 0.491 e. The van der Waals surface area contributed by atoms with Gasteiger partial charge >= 0.3 is 7.12 Å². The van der Waals surface area contributed by atoms with Gasteiger partial charge in [-0.05, 0) is 40.9 Å². The molecular weight excluding hydrogens is 288 g/mol. The molecule has 0 saturated heterocycles. The lowest BCUT2D eigenvalue weighted by atomic mass is 9.79. The Bertz CT molecular complexity index is 675. The van der Waals surface area contributed by atoms with Gasteiger partial charge in [-0.2, -0.15) is 0 Å². The second-order valence-electron chi connectivity index (χ2n) is 4.89. The predicted molar refractivity (Wildman–Crippen MR) is 81.5 cm³/mol. The molecule has 0 aromatic heterocycles. The zero-order valence-electron chi connectivity index (χ0n) is 11.2. The van der Waals surface area contributed by atoms with Crippen LogP contribution in [0.1, 0.15) is 21.5 Å². The lowest BCUT2D eigenvalue weighted by Crippen LogP contribution is -2.30. The van der Waals surface area contributed by atoms with E-state index in [4.69, 9.17) is 16.3 Å². The Labute approximate surface area is 127 Å². The quantitative estimate of drug-likeness (QED) is 0.845. The molecule has 1 aliphatic rings. The highest BCUT2D eigenvalue weighted by Crippen LogP contribution is 2.12. The van der Waals surface area contributed by atoms with Crippen molar-refractivity contribution in [3.05, 3.63) is 64.2 Å². The minimum absolute atomic E-state index is 0.188. The monoisotopic (exact) mass is 301 g/mol. The molecular formula is C15H13BClNO3. The van der Waals surface area contributed by atoms with Crippen molar-refractivity contribution >= 4 is 30.1 Å². The topological polar surface area (TPSA) is 58.6 Å². The maximum atomic E-state index is 12.1. The molecule has 1 heterocycles. The molecule has 2 aromatic carbocycles. The summed E-state index contributed by atoms with van der Waals surface area (Å²) in [5, 5.41) is 13.2. The van der Waals surface area contributed by atoms with Crippen molar-refractivity contribution < 1.29 is 14.5 Å². The summed E-state index contributed by atoms with van der Waals surface area (Å²) in [7, 11) is -0.941. The van der Waals surface area contributed by atoms with Gasteiger partial charge in [-0.25, -0.2) is 0 Å². The summed E-state index contributed by atoms with van der Waals surface area (Å²) in [5.74, 6) is -0.188. The first kappa shape index (κ1) is 14.1. The zero-order valence-corrected chi connectivity index (χ0v) is 11.9. The van der Waals surface area contributed by atoms with Crippen LogP contribution in [0.3, 0.4) is 0 Å². The third-order valence-corrected chi connectivity index (χ3v) is 3.69. The molecule has 4 nitrogen and oxygen atoms in total. The number of halogens is 1. The van der Waals surface area contributed by atoms with Gasteiger partial charge in [0.15, 0.2) is 0 Å². The van der Waals surface area contributed by atoms with E-state index in [0.717, 1.165) is 11.1 Å². The Hall–Kier alpha value is -1.82. The summed E-state index contributed by atoms with van der Waals surface area (Å²) in [6.07, 6.45) is 0. The first-order valence-electron chi connectivity index (χ1n) is 6.58. The second-order valence-corrected chi connectivity index (χ2v) is 5.32. The van der Waals surface area contributed by atoms with Gasteiger partial charge in [0.1, 0.15) is 0 Å². The van der Waals surface area contributed by atoms with Crippen molar-refractivity contribution in [1.82, 2.24) is 5.32 Å². The van der Waals surface area contributed by atoms with Crippen LogP contribution in [-0.4, -0.2) is 18.0 Å². The average molecular weight is 302 g/mol. The summed E-state index contributed by atoms with van der Waals surface area (Å²) < 4.78 is 5.11. The van der Waals surface area contributed by atoms with Crippen LogP contribution in [0.25, 0.3) is 0 Å². The van der Waals surface area contributed by atoms with Crippen LogP contribution in [-0.2, 0) is 17.8 Å². The fourth-order valence-corrected chi connectivity index (χ4v) is 2.37. The van der Waals surface area contributed by atoms with Crippen molar-refractivity contribution in [3.63, 3.8) is 0 Å². The van der Waals surface area contributed by atoms with Crippen LogP contribution >= 0.6 is 11.6 Å². The molecule has 0 atom stereocenters. The number of hydrogen-bond donors (Lipinski definition) is 2. The number of benzene rings is 2. The van der Waals surface area contributed by atoms with E-state index in [9.17, 15) is 9.82 Å². The third kappa shape index (κ3) is 3.10. The molecule has 3 rings (SSSR count). The summed E-state index contributed by atoms with van der Waals surface area (Å²) >= 11 is 5.82. The SMILES string of the molecule is O=C(NCc1ccc(Cl)cc1)c1ccc2c(c1)B(O)OC2. The molecule has 6 heteroatoms. The lowest BCUT2D eigenvalue weighted by Gasteiger charge is -2.07. The molecule has 1 aliphatic heterocycles. The number of nitrogens with one attached hydrogen (secondary N) is 1. The summed E-state index contributed by atoms with van der Waals surface area (Å²) in [6, 6.07) is 12.5. The maximum Gasteiger partial charge on any atom is 0.491 e. The van der Waals surface area contributed by atoms with E-state index in [0.29, 0.717) is 29.2 Å². The fraction of sp³-hybridized carbons (Fsp3) is 0.133. The van der Waals surface area contributed by atoms with Gasteiger partial charge in [0.05, 0.1) is 6.61 Å². The standard InChI is InChI=1S/C15H13BClNO3/c17-13-5-1-10(2-6-13)8-18-15(19)11-3-4-12-9-21-16(20)14(12)7-11/h1-7,20H,8-9H2,(H,18,19). The van der Waals surface area contributed by atoms with Crippen molar-refractivity contribution in [2.45, 2.75) is 13.2 Å². The van der Waals surface area contributed by atoms with Crippen molar-refractivity contribution in [3.8, 4) is 0 Å². The smallest absolute Gasteiger partial charge is 0.423 e. The zero-order chi connectivity index (χ0) is 14.8. The molecule has 2 N–H and O–H groups in total. The number of amides is 1. The van der Waals surface area contributed by atoms with Gasteiger partial charge in [-0.1, -0.05) is 29.8 Å². The van der Waals surface area contributed by atoms with Crippen LogP contribution in [0.15, 0.2) is 42.5 Å². The van der Waals surface area contributed by atoms with Crippen LogP contribution in [0.4, 0.5) is 0 Å². The molecule has 0 aliphatic carbocycles. The molecule has 0 fully saturated rings. The molecule has 0 saturated carbocycles. The van der Waals surface area contributed by atoms with E-state index >= 15 is 0 Å². The number of rotatable bonds is 3. The van der Waals surface area contributed by atoms with E-state index in [1.165, 1.54) is 0 Å². The Morgan fingerprint density at radius 3 is 2.81 bits per heavy atom. The Kier molecular flexibility index (Phi) is 3.97. The van der Waals surface area contributed by atoms with Gasteiger partial charge < -0.3 is 15.0 Å². The molecule has 1 amide bonds. The highest BCUT2D eigenvalue weighted by molar-refractivity contribution is 6.61. The van der Waals surface area contributed by atoms with Crippen molar-refractivity contribution in [1.29, 1.82) is 0 Å². The van der Waals surface area contributed by atoms with Crippen LogP contribution < -0.4 is 10.8 Å². The van der Waals surface area contributed by atoms with Crippen molar-refractivity contribution in [2.24, 2.45) is 0 Å². The first-order chi connectivity index (χ1) is 10.1. The number of carbonyl (C=O) groups is 1.